The van der Waals surface area contributed by atoms with E-state index in [1.165, 1.54) is 6.33 Å². The first-order valence-electron chi connectivity index (χ1n) is 8.90. The fourth-order valence-corrected chi connectivity index (χ4v) is 2.94. The molecule has 0 spiro atoms. The molecule has 0 saturated carbocycles. The Balaban J connectivity index is 1.45. The van der Waals surface area contributed by atoms with Crippen LogP contribution < -0.4 is 11.1 Å². The van der Waals surface area contributed by atoms with Crippen molar-refractivity contribution in [2.75, 3.05) is 17.6 Å². The second kappa shape index (κ2) is 7.89. The highest BCUT2D eigenvalue weighted by Crippen LogP contribution is 2.24. The minimum absolute atomic E-state index is 0.268. The SMILES string of the molecule is Nc1c(NCC(O)c2ccc(-c3ccccc3)cc2)ncnc1-n1cccn1. The van der Waals surface area contributed by atoms with E-state index in [2.05, 4.69) is 32.5 Å². The van der Waals surface area contributed by atoms with E-state index in [-0.39, 0.29) is 6.54 Å². The molecule has 0 fully saturated rings. The van der Waals surface area contributed by atoms with Crippen molar-refractivity contribution in [1.82, 2.24) is 19.7 Å². The second-order valence-corrected chi connectivity index (χ2v) is 6.29. The van der Waals surface area contributed by atoms with Crippen LogP contribution in [-0.2, 0) is 0 Å². The lowest BCUT2D eigenvalue weighted by Crippen LogP contribution is -2.15. The molecule has 1 unspecified atom stereocenters. The smallest absolute Gasteiger partial charge is 0.181 e. The van der Waals surface area contributed by atoms with Gasteiger partial charge in [0.25, 0.3) is 0 Å². The molecule has 0 aliphatic carbocycles. The minimum Gasteiger partial charge on any atom is -0.393 e. The predicted molar refractivity (Wildman–Crippen MR) is 109 cm³/mol. The third-order valence-corrected chi connectivity index (χ3v) is 4.45. The van der Waals surface area contributed by atoms with Crippen LogP contribution in [0.3, 0.4) is 0 Å². The number of nitrogens with zero attached hydrogens (tertiary/aromatic N) is 4. The molecule has 28 heavy (non-hydrogen) atoms. The molecule has 1 atom stereocenters. The topological polar surface area (TPSA) is 102 Å². The first-order chi connectivity index (χ1) is 13.7. The van der Waals surface area contributed by atoms with E-state index in [0.717, 1.165) is 16.7 Å². The highest BCUT2D eigenvalue weighted by molar-refractivity contribution is 5.69. The van der Waals surface area contributed by atoms with Crippen LogP contribution in [0, 0.1) is 0 Å². The Morgan fingerprint density at radius 3 is 2.43 bits per heavy atom. The van der Waals surface area contributed by atoms with Crippen LogP contribution >= 0.6 is 0 Å². The van der Waals surface area contributed by atoms with E-state index >= 15 is 0 Å². The molecule has 0 aliphatic heterocycles. The molecular formula is C21H20N6O. The average molecular weight is 372 g/mol. The summed E-state index contributed by atoms with van der Waals surface area (Å²) in [5.41, 5.74) is 9.58. The van der Waals surface area contributed by atoms with Gasteiger partial charge in [0.2, 0.25) is 0 Å². The van der Waals surface area contributed by atoms with Crippen LogP contribution in [0.5, 0.6) is 0 Å². The van der Waals surface area contributed by atoms with Gasteiger partial charge >= 0.3 is 0 Å². The zero-order valence-electron chi connectivity index (χ0n) is 15.1. The monoisotopic (exact) mass is 372 g/mol. The van der Waals surface area contributed by atoms with Gasteiger partial charge in [0.15, 0.2) is 11.6 Å². The number of rotatable bonds is 6. The zero-order valence-corrected chi connectivity index (χ0v) is 15.1. The number of nitrogens with two attached hydrogens (primary N) is 1. The largest absolute Gasteiger partial charge is 0.393 e. The average Bonchev–Trinajstić information content (AvgIpc) is 3.28. The number of hydrogen-bond acceptors (Lipinski definition) is 6. The number of nitrogen functional groups attached to an aromatic ring is 1. The molecule has 0 amide bonds. The maximum absolute atomic E-state index is 10.5. The summed E-state index contributed by atoms with van der Waals surface area (Å²) >= 11 is 0. The Labute approximate surface area is 162 Å². The Morgan fingerprint density at radius 1 is 0.964 bits per heavy atom. The molecule has 2 aromatic carbocycles. The highest BCUT2D eigenvalue weighted by Gasteiger charge is 2.13. The Morgan fingerprint density at radius 2 is 1.71 bits per heavy atom. The van der Waals surface area contributed by atoms with E-state index in [1.54, 1.807) is 23.1 Å². The van der Waals surface area contributed by atoms with Crippen LogP contribution in [0.25, 0.3) is 16.9 Å². The Bertz CT molecular complexity index is 1030. The molecule has 0 bridgehead atoms. The standard InChI is InChI=1S/C21H20N6O/c22-19-20(24-14-25-21(19)27-12-4-11-26-27)23-13-18(28)17-9-7-16(8-10-17)15-5-2-1-3-6-15/h1-12,14,18,28H,13,22H2,(H,23,24,25). The van der Waals surface area contributed by atoms with Crippen molar-refractivity contribution < 1.29 is 5.11 Å². The maximum Gasteiger partial charge on any atom is 0.181 e. The first kappa shape index (κ1) is 17.7. The van der Waals surface area contributed by atoms with Gasteiger partial charge in [-0.05, 0) is 22.8 Å². The van der Waals surface area contributed by atoms with E-state index in [0.29, 0.717) is 17.3 Å². The number of nitrogens with one attached hydrogen (secondary N) is 1. The first-order valence-corrected chi connectivity index (χ1v) is 8.90. The van der Waals surface area contributed by atoms with Gasteiger partial charge < -0.3 is 16.2 Å². The van der Waals surface area contributed by atoms with Gasteiger partial charge in [-0.25, -0.2) is 14.6 Å². The molecule has 4 rings (SSSR count). The third-order valence-electron chi connectivity index (χ3n) is 4.45. The van der Waals surface area contributed by atoms with Gasteiger partial charge in [-0.1, -0.05) is 54.6 Å². The molecule has 4 N–H and O–H groups in total. The Hall–Kier alpha value is -3.71. The lowest BCUT2D eigenvalue weighted by molar-refractivity contribution is 0.191. The van der Waals surface area contributed by atoms with Crippen molar-refractivity contribution in [3.8, 4) is 16.9 Å². The molecular weight excluding hydrogens is 352 g/mol. The maximum atomic E-state index is 10.5. The molecule has 2 heterocycles. The van der Waals surface area contributed by atoms with Gasteiger partial charge in [0.1, 0.15) is 12.0 Å². The summed E-state index contributed by atoms with van der Waals surface area (Å²) in [6.45, 7) is 0.268. The number of hydrogen-bond donors (Lipinski definition) is 3. The summed E-state index contributed by atoms with van der Waals surface area (Å²) < 4.78 is 1.57. The zero-order chi connectivity index (χ0) is 19.3. The summed E-state index contributed by atoms with van der Waals surface area (Å²) in [5.74, 6) is 0.949. The lowest BCUT2D eigenvalue weighted by Gasteiger charge is -2.15. The van der Waals surface area contributed by atoms with Crippen molar-refractivity contribution in [2.24, 2.45) is 0 Å². The van der Waals surface area contributed by atoms with E-state index in [1.807, 2.05) is 42.5 Å². The fraction of sp³-hybridized carbons (Fsp3) is 0.0952. The van der Waals surface area contributed by atoms with E-state index in [4.69, 9.17) is 5.73 Å². The van der Waals surface area contributed by atoms with Crippen LogP contribution in [0.1, 0.15) is 11.7 Å². The van der Waals surface area contributed by atoms with Gasteiger partial charge in [0.05, 0.1) is 6.10 Å². The van der Waals surface area contributed by atoms with E-state index in [9.17, 15) is 5.11 Å². The lowest BCUT2D eigenvalue weighted by atomic mass is 10.0. The number of aromatic nitrogens is 4. The highest BCUT2D eigenvalue weighted by atomic mass is 16.3. The van der Waals surface area contributed by atoms with Crippen molar-refractivity contribution in [2.45, 2.75) is 6.10 Å². The number of aliphatic hydroxyl groups excluding tert-OH is 1. The molecule has 140 valence electrons. The molecule has 4 aromatic rings. The summed E-state index contributed by atoms with van der Waals surface area (Å²) in [6.07, 6.45) is 4.12. The number of benzene rings is 2. The van der Waals surface area contributed by atoms with E-state index < -0.39 is 6.10 Å². The molecule has 2 aromatic heterocycles. The summed E-state index contributed by atoms with van der Waals surface area (Å²) in [5, 5.41) is 17.7. The van der Waals surface area contributed by atoms with Gasteiger partial charge in [-0.2, -0.15) is 5.10 Å². The predicted octanol–water partition coefficient (Wildman–Crippen LogP) is 3.06. The van der Waals surface area contributed by atoms with Crippen LogP contribution in [0.4, 0.5) is 11.5 Å². The van der Waals surface area contributed by atoms with Gasteiger partial charge in [0, 0.05) is 18.9 Å². The second-order valence-electron chi connectivity index (χ2n) is 6.29. The third kappa shape index (κ3) is 3.70. The van der Waals surface area contributed by atoms with Crippen molar-refractivity contribution in [3.05, 3.63) is 84.9 Å². The fourth-order valence-electron chi connectivity index (χ4n) is 2.94. The molecule has 7 nitrogen and oxygen atoms in total. The quantitative estimate of drug-likeness (QED) is 0.481. The van der Waals surface area contributed by atoms with Crippen LogP contribution in [0.15, 0.2) is 79.4 Å². The number of aliphatic hydroxyl groups is 1. The summed E-state index contributed by atoms with van der Waals surface area (Å²) in [7, 11) is 0. The van der Waals surface area contributed by atoms with Crippen LogP contribution in [0.2, 0.25) is 0 Å². The normalized spacial score (nSPS) is 11.9. The summed E-state index contributed by atoms with van der Waals surface area (Å²) in [4.78, 5) is 8.34. The van der Waals surface area contributed by atoms with Crippen molar-refractivity contribution in [1.29, 1.82) is 0 Å². The minimum atomic E-state index is -0.702. The van der Waals surface area contributed by atoms with Gasteiger partial charge in [-0.15, -0.1) is 0 Å². The molecule has 0 radical (unpaired) electrons. The Kier molecular flexibility index (Phi) is 4.99. The van der Waals surface area contributed by atoms with Crippen molar-refractivity contribution >= 4 is 11.5 Å². The number of anilines is 2. The van der Waals surface area contributed by atoms with Crippen LogP contribution in [-0.4, -0.2) is 31.4 Å². The molecule has 0 aliphatic rings. The summed E-state index contributed by atoms with van der Waals surface area (Å²) in [6, 6.07) is 19.8. The molecule has 0 saturated heterocycles. The molecule has 7 heteroatoms. The van der Waals surface area contributed by atoms with Crippen molar-refractivity contribution in [3.63, 3.8) is 0 Å². The van der Waals surface area contributed by atoms with Gasteiger partial charge in [-0.3, -0.25) is 0 Å².